The van der Waals surface area contributed by atoms with E-state index >= 15 is 0 Å². The van der Waals surface area contributed by atoms with Crippen LogP contribution in [0.25, 0.3) is 0 Å². The van der Waals surface area contributed by atoms with Crippen LogP contribution in [-0.4, -0.2) is 47.0 Å². The predicted octanol–water partition coefficient (Wildman–Crippen LogP) is 3.98. The molecule has 0 aromatic heterocycles. The normalized spacial score (nSPS) is 12.3. The minimum absolute atomic E-state index is 0.0998. The summed E-state index contributed by atoms with van der Waals surface area (Å²) in [5, 5.41) is 2.90. The number of ether oxygens (including phenoxy) is 1. The van der Waals surface area contributed by atoms with Crippen molar-refractivity contribution >= 4 is 21.6 Å². The molecule has 2 N–H and O–H groups in total. The number of rotatable bonds is 9. The van der Waals surface area contributed by atoms with Gasteiger partial charge in [-0.15, -0.1) is 0 Å². The molecule has 3 aromatic carbocycles. The number of anilines is 1. The van der Waals surface area contributed by atoms with E-state index in [1.165, 1.54) is 24.3 Å². The van der Waals surface area contributed by atoms with E-state index in [9.17, 15) is 17.6 Å². The summed E-state index contributed by atoms with van der Waals surface area (Å²) in [7, 11) is 1.42. The zero-order valence-electron chi connectivity index (χ0n) is 19.5. The summed E-state index contributed by atoms with van der Waals surface area (Å²) in [6.07, 6.45) is 0. The highest BCUT2D eigenvalue weighted by Crippen LogP contribution is 2.23. The molecule has 9 heteroatoms. The Balaban J connectivity index is 1.73. The molecule has 3 aromatic rings. The Morgan fingerprint density at radius 2 is 1.79 bits per heavy atom. The van der Waals surface area contributed by atoms with E-state index in [2.05, 4.69) is 10.0 Å². The van der Waals surface area contributed by atoms with Gasteiger partial charge in [-0.25, -0.2) is 12.8 Å². The lowest BCUT2D eigenvalue weighted by Crippen LogP contribution is -2.34. The van der Waals surface area contributed by atoms with Crippen LogP contribution in [0.3, 0.4) is 0 Å². The maximum Gasteiger partial charge on any atom is 0.261 e. The Morgan fingerprint density at radius 3 is 2.47 bits per heavy atom. The molecule has 3 rings (SSSR count). The van der Waals surface area contributed by atoms with Crippen molar-refractivity contribution in [2.24, 2.45) is 0 Å². The number of aryl methyl sites for hydroxylation is 1. The van der Waals surface area contributed by atoms with E-state index in [1.807, 2.05) is 43.3 Å². The molecular formula is C25H28FN3O4S. The molecule has 0 saturated heterocycles. The number of hydrogen-bond acceptors (Lipinski definition) is 5. The van der Waals surface area contributed by atoms with Gasteiger partial charge in [0.1, 0.15) is 11.6 Å². The van der Waals surface area contributed by atoms with Crippen LogP contribution in [0.4, 0.5) is 10.1 Å². The molecule has 0 bridgehead atoms. The standard InChI is InChI=1S/C25H28FN3O4S/c1-17-11-12-22(15-23(17)26)34(31,32)28-20-9-5-8-19(13-20)25(30)27-16-24(29(2)3)18-7-6-10-21(14-18)33-4/h5-15,24,28H,16H2,1-4H3,(H,27,30). The number of carbonyl (C=O) groups is 1. The SMILES string of the molecule is COc1cccc(C(CNC(=O)c2cccc(NS(=O)(=O)c3ccc(C)c(F)c3)c2)N(C)C)c1. The van der Waals surface area contributed by atoms with Gasteiger partial charge in [0.2, 0.25) is 0 Å². The van der Waals surface area contributed by atoms with Crippen molar-refractivity contribution in [3.63, 3.8) is 0 Å². The first-order valence-electron chi connectivity index (χ1n) is 10.6. The molecule has 1 unspecified atom stereocenters. The summed E-state index contributed by atoms with van der Waals surface area (Å²) in [6.45, 7) is 1.88. The Labute approximate surface area is 199 Å². The van der Waals surface area contributed by atoms with Gasteiger partial charge in [0, 0.05) is 17.8 Å². The van der Waals surface area contributed by atoms with Crippen LogP contribution in [-0.2, 0) is 10.0 Å². The summed E-state index contributed by atoms with van der Waals surface area (Å²) < 4.78 is 46.8. The first-order valence-corrected chi connectivity index (χ1v) is 12.1. The number of hydrogen-bond donors (Lipinski definition) is 2. The summed E-state index contributed by atoms with van der Waals surface area (Å²) in [5.41, 5.74) is 1.82. The van der Waals surface area contributed by atoms with Crippen molar-refractivity contribution in [3.05, 3.63) is 89.2 Å². The summed E-state index contributed by atoms with van der Waals surface area (Å²) in [5.74, 6) is -0.233. The lowest BCUT2D eigenvalue weighted by Gasteiger charge is -2.25. The fraction of sp³-hybridized carbons (Fsp3) is 0.240. The molecule has 1 atom stereocenters. The van der Waals surface area contributed by atoms with Crippen LogP contribution in [0.1, 0.15) is 27.5 Å². The zero-order chi connectivity index (χ0) is 24.9. The van der Waals surface area contributed by atoms with Gasteiger partial charge in [-0.1, -0.05) is 24.3 Å². The van der Waals surface area contributed by atoms with E-state index < -0.39 is 15.8 Å². The maximum absolute atomic E-state index is 13.8. The number of nitrogens with one attached hydrogen (secondary N) is 2. The lowest BCUT2D eigenvalue weighted by molar-refractivity contribution is 0.0942. The number of amides is 1. The molecule has 1 amide bonds. The molecular weight excluding hydrogens is 457 g/mol. The van der Waals surface area contributed by atoms with Gasteiger partial charge in [-0.05, 0) is 74.6 Å². The molecule has 0 heterocycles. The number of halogens is 1. The highest BCUT2D eigenvalue weighted by Gasteiger charge is 2.19. The molecule has 0 radical (unpaired) electrons. The number of sulfonamides is 1. The quantitative estimate of drug-likeness (QED) is 0.479. The second-order valence-corrected chi connectivity index (χ2v) is 9.75. The highest BCUT2D eigenvalue weighted by molar-refractivity contribution is 7.92. The number of nitrogens with zero attached hydrogens (tertiary/aromatic N) is 1. The van der Waals surface area contributed by atoms with Gasteiger partial charge < -0.3 is 15.0 Å². The van der Waals surface area contributed by atoms with Gasteiger partial charge in [-0.3, -0.25) is 9.52 Å². The van der Waals surface area contributed by atoms with Crippen molar-refractivity contribution in [2.75, 3.05) is 32.5 Å². The zero-order valence-corrected chi connectivity index (χ0v) is 20.3. The second kappa shape index (κ2) is 10.7. The van der Waals surface area contributed by atoms with Gasteiger partial charge in [0.25, 0.3) is 15.9 Å². The number of carbonyl (C=O) groups excluding carboxylic acids is 1. The fourth-order valence-corrected chi connectivity index (χ4v) is 4.48. The van der Waals surface area contributed by atoms with Crippen LogP contribution in [0.15, 0.2) is 71.6 Å². The first kappa shape index (κ1) is 25.2. The predicted molar refractivity (Wildman–Crippen MR) is 130 cm³/mol. The smallest absolute Gasteiger partial charge is 0.261 e. The van der Waals surface area contributed by atoms with E-state index in [1.54, 1.807) is 26.2 Å². The molecule has 0 aliphatic carbocycles. The molecule has 7 nitrogen and oxygen atoms in total. The van der Waals surface area contributed by atoms with Crippen molar-refractivity contribution < 1.29 is 22.3 Å². The van der Waals surface area contributed by atoms with Crippen molar-refractivity contribution in [2.45, 2.75) is 17.9 Å². The van der Waals surface area contributed by atoms with Crippen LogP contribution in [0.2, 0.25) is 0 Å². The first-order chi connectivity index (χ1) is 16.1. The molecule has 34 heavy (non-hydrogen) atoms. The molecule has 0 aliphatic rings. The number of methoxy groups -OCH3 is 1. The highest BCUT2D eigenvalue weighted by atomic mass is 32.2. The van der Waals surface area contributed by atoms with E-state index in [0.717, 1.165) is 17.4 Å². The Hall–Kier alpha value is -3.43. The van der Waals surface area contributed by atoms with Gasteiger partial charge in [0.15, 0.2) is 0 Å². The molecule has 0 spiro atoms. The number of benzene rings is 3. The van der Waals surface area contributed by atoms with Crippen LogP contribution in [0, 0.1) is 12.7 Å². The number of likely N-dealkylation sites (N-methyl/N-ethyl adjacent to an activating group) is 1. The van der Waals surface area contributed by atoms with E-state index in [4.69, 9.17) is 4.74 Å². The third-order valence-electron chi connectivity index (χ3n) is 5.39. The minimum atomic E-state index is -4.01. The Bertz CT molecular complexity index is 1280. The average Bonchev–Trinajstić information content (AvgIpc) is 2.80. The Morgan fingerprint density at radius 1 is 1.06 bits per heavy atom. The van der Waals surface area contributed by atoms with Crippen molar-refractivity contribution in [1.82, 2.24) is 10.2 Å². The van der Waals surface area contributed by atoms with Gasteiger partial charge in [0.05, 0.1) is 18.0 Å². The van der Waals surface area contributed by atoms with Crippen LogP contribution in [0.5, 0.6) is 5.75 Å². The van der Waals surface area contributed by atoms with Crippen molar-refractivity contribution in [3.8, 4) is 5.75 Å². The topological polar surface area (TPSA) is 87.7 Å². The summed E-state index contributed by atoms with van der Waals surface area (Å²) in [4.78, 5) is 14.6. The third-order valence-corrected chi connectivity index (χ3v) is 6.77. The largest absolute Gasteiger partial charge is 0.497 e. The molecule has 180 valence electrons. The minimum Gasteiger partial charge on any atom is -0.497 e. The van der Waals surface area contributed by atoms with Crippen LogP contribution >= 0.6 is 0 Å². The molecule has 0 aliphatic heterocycles. The Kier molecular flexibility index (Phi) is 7.90. The average molecular weight is 486 g/mol. The monoisotopic (exact) mass is 485 g/mol. The molecule has 0 fully saturated rings. The third kappa shape index (κ3) is 6.12. The summed E-state index contributed by atoms with van der Waals surface area (Å²) >= 11 is 0. The second-order valence-electron chi connectivity index (χ2n) is 8.06. The lowest BCUT2D eigenvalue weighted by atomic mass is 10.1. The van der Waals surface area contributed by atoms with Gasteiger partial charge in [-0.2, -0.15) is 0 Å². The van der Waals surface area contributed by atoms with E-state index in [-0.39, 0.29) is 22.5 Å². The maximum atomic E-state index is 13.8. The molecule has 0 saturated carbocycles. The van der Waals surface area contributed by atoms with E-state index in [0.29, 0.717) is 17.7 Å². The van der Waals surface area contributed by atoms with Crippen molar-refractivity contribution in [1.29, 1.82) is 0 Å². The fourth-order valence-electron chi connectivity index (χ4n) is 3.42. The van der Waals surface area contributed by atoms with Gasteiger partial charge >= 0.3 is 0 Å². The van der Waals surface area contributed by atoms with Crippen LogP contribution < -0.4 is 14.8 Å². The summed E-state index contributed by atoms with van der Waals surface area (Å²) in [6, 6.07) is 17.4.